The minimum absolute atomic E-state index is 0.251. The Hall–Kier alpha value is -4.26. The van der Waals surface area contributed by atoms with Gasteiger partial charge in [-0.3, -0.25) is 9.79 Å². The van der Waals surface area contributed by atoms with Crippen molar-refractivity contribution in [3.05, 3.63) is 131 Å². The lowest BCUT2D eigenvalue weighted by Crippen LogP contribution is -1.82. The second kappa shape index (κ2) is 13.2. The molecule has 0 aliphatic heterocycles. The van der Waals surface area contributed by atoms with Crippen molar-refractivity contribution in [3.8, 4) is 0 Å². The average molecular weight is 452 g/mol. The molecule has 0 saturated carbocycles. The molecule has 0 saturated heterocycles. The van der Waals surface area contributed by atoms with Crippen LogP contribution in [0.4, 0.5) is 28.9 Å². The number of hydrogen-bond donors (Lipinski definition) is 1. The fourth-order valence-electron chi connectivity index (χ4n) is 2.31. The predicted octanol–water partition coefficient (Wildman–Crippen LogP) is 6.76. The molecule has 4 aromatic carbocycles. The molecule has 4 rings (SSSR count). The van der Waals surface area contributed by atoms with Gasteiger partial charge in [0.2, 0.25) is 0 Å². The second-order valence-corrected chi connectivity index (χ2v) is 6.51. The normalized spacial score (nSPS) is 9.94. The van der Waals surface area contributed by atoms with Crippen LogP contribution in [-0.2, 0) is 0 Å². The quantitative estimate of drug-likeness (QED) is 0.162. The van der Waals surface area contributed by atoms with Gasteiger partial charge in [0.25, 0.3) is 0 Å². The highest BCUT2D eigenvalue weighted by Crippen LogP contribution is 2.12. The number of rotatable bonds is 3. The van der Waals surface area contributed by atoms with Gasteiger partial charge in [0.15, 0.2) is 0 Å². The Morgan fingerprint density at radius 3 is 1.55 bits per heavy atom. The Kier molecular flexibility index (Phi) is 10.0. The zero-order valence-corrected chi connectivity index (χ0v) is 17.3. The highest BCUT2D eigenvalue weighted by Gasteiger charge is 1.93. The number of benzene rings is 4. The molecule has 33 heavy (non-hydrogen) atoms. The van der Waals surface area contributed by atoms with E-state index in [9.17, 15) is 22.4 Å². The first-order valence-electron chi connectivity index (χ1n) is 9.62. The Labute approximate surface area is 188 Å². The van der Waals surface area contributed by atoms with Crippen molar-refractivity contribution in [2.75, 3.05) is 5.73 Å². The smallest absolute Gasteiger partial charge is 0.150 e. The standard InChI is InChI=1S/C13H9F2N.C7H5FO.C6H6FN/c14-11-4-6-13(7-5-11)16-9-10-2-1-3-12(15)8-10;8-7-3-1-2-6(4-7)5-9;7-5-1-3-6(8)4-2-5/h1-9H;1-5H;1-4H,8H2. The zero-order valence-electron chi connectivity index (χ0n) is 17.3. The van der Waals surface area contributed by atoms with Crippen molar-refractivity contribution in [1.82, 2.24) is 0 Å². The average Bonchev–Trinajstić information content (AvgIpc) is 2.81. The van der Waals surface area contributed by atoms with Crippen LogP contribution in [0.25, 0.3) is 0 Å². The van der Waals surface area contributed by atoms with Crippen molar-refractivity contribution in [2.45, 2.75) is 0 Å². The summed E-state index contributed by atoms with van der Waals surface area (Å²) in [6, 6.07) is 23.1. The SMILES string of the molecule is Fc1ccc(N=Cc2cccc(F)c2)cc1.Nc1ccc(F)cc1.O=Cc1cccc(F)c1. The van der Waals surface area contributed by atoms with E-state index in [1.807, 2.05) is 0 Å². The van der Waals surface area contributed by atoms with Crippen molar-refractivity contribution >= 4 is 23.9 Å². The van der Waals surface area contributed by atoms with Crippen LogP contribution in [0.1, 0.15) is 15.9 Å². The first-order valence-corrected chi connectivity index (χ1v) is 9.62. The van der Waals surface area contributed by atoms with Crippen LogP contribution in [0, 0.1) is 23.3 Å². The number of halogens is 4. The summed E-state index contributed by atoms with van der Waals surface area (Å²) in [5.41, 5.74) is 7.52. The summed E-state index contributed by atoms with van der Waals surface area (Å²) in [5, 5.41) is 0. The summed E-state index contributed by atoms with van der Waals surface area (Å²) in [7, 11) is 0. The van der Waals surface area contributed by atoms with E-state index in [0.717, 1.165) is 0 Å². The molecule has 0 amide bonds. The van der Waals surface area contributed by atoms with Gasteiger partial charge in [-0.1, -0.05) is 24.3 Å². The Morgan fingerprint density at radius 2 is 1.09 bits per heavy atom. The molecule has 0 aliphatic carbocycles. The van der Waals surface area contributed by atoms with Gasteiger partial charge >= 0.3 is 0 Å². The van der Waals surface area contributed by atoms with Gasteiger partial charge in [0, 0.05) is 17.5 Å². The maximum absolute atomic E-state index is 12.8. The number of carbonyl (C=O) groups is 1. The van der Waals surface area contributed by atoms with E-state index in [0.29, 0.717) is 28.8 Å². The second-order valence-electron chi connectivity index (χ2n) is 6.51. The molecule has 0 unspecified atom stereocenters. The van der Waals surface area contributed by atoms with Crippen LogP contribution in [0.5, 0.6) is 0 Å². The molecule has 7 heteroatoms. The lowest BCUT2D eigenvalue weighted by Gasteiger charge is -1.94. The number of aldehydes is 1. The lowest BCUT2D eigenvalue weighted by molar-refractivity contribution is 0.112. The van der Waals surface area contributed by atoms with Gasteiger partial charge in [-0.2, -0.15) is 0 Å². The number of carbonyl (C=O) groups excluding carboxylic acids is 1. The molecule has 0 bridgehead atoms. The molecular weight excluding hydrogens is 432 g/mol. The predicted molar refractivity (Wildman–Crippen MR) is 123 cm³/mol. The maximum Gasteiger partial charge on any atom is 0.150 e. The van der Waals surface area contributed by atoms with Gasteiger partial charge < -0.3 is 5.73 Å². The van der Waals surface area contributed by atoms with Crippen LogP contribution in [0.15, 0.2) is 102 Å². The highest BCUT2D eigenvalue weighted by atomic mass is 19.1. The molecule has 168 valence electrons. The fraction of sp³-hybridized carbons (Fsp3) is 0. The van der Waals surface area contributed by atoms with E-state index in [1.54, 1.807) is 30.3 Å². The number of nitrogens with two attached hydrogens (primary N) is 1. The van der Waals surface area contributed by atoms with Crippen LogP contribution < -0.4 is 5.73 Å². The van der Waals surface area contributed by atoms with Crippen molar-refractivity contribution in [3.63, 3.8) is 0 Å². The van der Waals surface area contributed by atoms with Crippen LogP contribution in [0.2, 0.25) is 0 Å². The largest absolute Gasteiger partial charge is 0.399 e. The van der Waals surface area contributed by atoms with Crippen LogP contribution in [0.3, 0.4) is 0 Å². The van der Waals surface area contributed by atoms with Gasteiger partial charge in [0.1, 0.15) is 29.6 Å². The molecule has 0 radical (unpaired) electrons. The van der Waals surface area contributed by atoms with Crippen molar-refractivity contribution < 1.29 is 22.4 Å². The minimum atomic E-state index is -0.375. The summed E-state index contributed by atoms with van der Waals surface area (Å²) in [6.45, 7) is 0. The summed E-state index contributed by atoms with van der Waals surface area (Å²) in [4.78, 5) is 14.1. The molecule has 0 spiro atoms. The maximum atomic E-state index is 12.8. The van der Waals surface area contributed by atoms with Crippen LogP contribution in [-0.4, -0.2) is 12.5 Å². The number of anilines is 1. The minimum Gasteiger partial charge on any atom is -0.399 e. The Balaban J connectivity index is 0.000000192. The molecular formula is C26H20F4N2O. The molecule has 0 atom stereocenters. The molecule has 0 aromatic heterocycles. The summed E-state index contributed by atoms with van der Waals surface area (Å²) in [6.07, 6.45) is 2.15. The monoisotopic (exact) mass is 452 g/mol. The van der Waals surface area contributed by atoms with E-state index >= 15 is 0 Å². The third kappa shape index (κ3) is 10.1. The summed E-state index contributed by atoms with van der Waals surface area (Å²) < 4.78 is 49.7. The fourth-order valence-corrected chi connectivity index (χ4v) is 2.31. The number of hydrogen-bond acceptors (Lipinski definition) is 3. The first kappa shape index (κ1) is 25.0. The third-order valence-electron chi connectivity index (χ3n) is 3.89. The number of nitrogen functional groups attached to an aromatic ring is 1. The Bertz CT molecular complexity index is 1160. The molecule has 2 N–H and O–H groups in total. The van der Waals surface area contributed by atoms with E-state index in [-0.39, 0.29) is 23.3 Å². The molecule has 0 heterocycles. The highest BCUT2D eigenvalue weighted by molar-refractivity contribution is 5.81. The molecule has 0 fully saturated rings. The van der Waals surface area contributed by atoms with E-state index in [2.05, 4.69) is 4.99 Å². The van der Waals surface area contributed by atoms with Crippen molar-refractivity contribution in [2.24, 2.45) is 4.99 Å². The topological polar surface area (TPSA) is 55.4 Å². The van der Waals surface area contributed by atoms with E-state index < -0.39 is 0 Å². The van der Waals surface area contributed by atoms with Gasteiger partial charge in [-0.15, -0.1) is 0 Å². The zero-order chi connectivity index (χ0) is 24.1. The van der Waals surface area contributed by atoms with E-state index in [1.165, 1.54) is 72.9 Å². The Morgan fingerprint density at radius 1 is 0.606 bits per heavy atom. The summed E-state index contributed by atoms with van der Waals surface area (Å²) >= 11 is 0. The molecule has 0 aliphatic rings. The third-order valence-corrected chi connectivity index (χ3v) is 3.89. The van der Waals surface area contributed by atoms with Gasteiger partial charge in [-0.05, 0) is 78.4 Å². The number of nitrogens with zero attached hydrogens (tertiary/aromatic N) is 1. The number of aliphatic imine (C=N–C) groups is 1. The van der Waals surface area contributed by atoms with Crippen molar-refractivity contribution in [1.29, 1.82) is 0 Å². The molecule has 3 nitrogen and oxygen atoms in total. The van der Waals surface area contributed by atoms with Gasteiger partial charge in [-0.25, -0.2) is 17.6 Å². The molecule has 4 aromatic rings. The lowest BCUT2D eigenvalue weighted by atomic mass is 10.2. The first-order chi connectivity index (χ1) is 15.9. The van der Waals surface area contributed by atoms with E-state index in [4.69, 9.17) is 5.73 Å². The summed E-state index contributed by atoms with van der Waals surface area (Å²) in [5.74, 6) is -1.23. The van der Waals surface area contributed by atoms with Gasteiger partial charge in [0.05, 0.1) is 5.69 Å². The van der Waals surface area contributed by atoms with Crippen LogP contribution >= 0.6 is 0 Å².